The van der Waals surface area contributed by atoms with Crippen LogP contribution in [0.3, 0.4) is 0 Å². The van der Waals surface area contributed by atoms with E-state index >= 15 is 0 Å². The first-order chi connectivity index (χ1) is 14.2. The molecule has 1 amide bonds. The number of nitrogens with one attached hydrogen (secondary N) is 1. The Kier molecular flexibility index (Phi) is 5.54. The first-order valence-corrected chi connectivity index (χ1v) is 10.5. The molecule has 1 N–H and O–H groups in total. The first kappa shape index (κ1) is 19.1. The van der Waals surface area contributed by atoms with Crippen molar-refractivity contribution in [3.05, 3.63) is 60.4 Å². The maximum atomic E-state index is 12.6. The van der Waals surface area contributed by atoms with E-state index in [4.69, 9.17) is 4.74 Å². The number of anilines is 1. The van der Waals surface area contributed by atoms with Gasteiger partial charge in [0.25, 0.3) is 5.91 Å². The Morgan fingerprint density at radius 1 is 1.14 bits per heavy atom. The van der Waals surface area contributed by atoms with Crippen LogP contribution >= 0.6 is 23.5 Å². The van der Waals surface area contributed by atoms with Crippen LogP contribution in [0.4, 0.5) is 5.69 Å². The summed E-state index contributed by atoms with van der Waals surface area (Å²) in [5.74, 6) is -1.10. The summed E-state index contributed by atoms with van der Waals surface area (Å²) < 4.78 is 15.2. The summed E-state index contributed by atoms with van der Waals surface area (Å²) in [5, 5.41) is 3.35. The summed E-state index contributed by atoms with van der Waals surface area (Å²) >= 11 is 2.47. The summed E-state index contributed by atoms with van der Waals surface area (Å²) in [7, 11) is 0. The molecule has 0 saturated heterocycles. The van der Waals surface area contributed by atoms with Crippen LogP contribution in [-0.2, 0) is 9.53 Å². The smallest absolute Gasteiger partial charge is 0.357 e. The van der Waals surface area contributed by atoms with E-state index in [0.717, 1.165) is 17.4 Å². The number of hydrogen-bond acceptors (Lipinski definition) is 8. The molecule has 2 heterocycles. The van der Waals surface area contributed by atoms with Gasteiger partial charge in [-0.15, -0.1) is 0 Å². The third kappa shape index (κ3) is 3.98. The first-order valence-electron chi connectivity index (χ1n) is 8.53. The van der Waals surface area contributed by atoms with Gasteiger partial charge in [-0.2, -0.15) is 8.75 Å². The monoisotopic (exact) mass is 425 g/mol. The zero-order valence-electron chi connectivity index (χ0n) is 15.2. The Bertz CT molecular complexity index is 1170. The number of imidazole rings is 1. The van der Waals surface area contributed by atoms with Gasteiger partial charge in [0.2, 0.25) is 0 Å². The number of rotatable bonds is 6. The molecule has 0 saturated carbocycles. The van der Waals surface area contributed by atoms with Crippen LogP contribution in [0.2, 0.25) is 0 Å². The fourth-order valence-corrected chi connectivity index (χ4v) is 3.84. The van der Waals surface area contributed by atoms with E-state index in [2.05, 4.69) is 19.0 Å². The van der Waals surface area contributed by atoms with Crippen molar-refractivity contribution in [3.8, 4) is 5.69 Å². The van der Waals surface area contributed by atoms with Crippen LogP contribution in [0.5, 0.6) is 0 Å². The van der Waals surface area contributed by atoms with Gasteiger partial charge in [0.05, 0.1) is 23.6 Å². The van der Waals surface area contributed by atoms with E-state index in [1.807, 2.05) is 42.7 Å². The van der Waals surface area contributed by atoms with E-state index in [1.54, 1.807) is 16.7 Å². The van der Waals surface area contributed by atoms with E-state index < -0.39 is 18.5 Å². The van der Waals surface area contributed by atoms with Crippen molar-refractivity contribution < 1.29 is 14.3 Å². The topological polar surface area (TPSA) is 99.0 Å². The van der Waals surface area contributed by atoms with Gasteiger partial charge in [0.15, 0.2) is 17.5 Å². The minimum Gasteiger partial charge on any atom is -0.451 e. The second-order valence-corrected chi connectivity index (χ2v) is 7.16. The Hall–Kier alpha value is -3.24. The van der Waals surface area contributed by atoms with Crippen molar-refractivity contribution >= 4 is 52.1 Å². The summed E-state index contributed by atoms with van der Waals surface area (Å²) in [5.41, 5.74) is 2.86. The van der Waals surface area contributed by atoms with Gasteiger partial charge >= 0.3 is 5.97 Å². The molecule has 8 nitrogen and oxygen atoms in total. The van der Waals surface area contributed by atoms with Crippen molar-refractivity contribution in [2.45, 2.75) is 5.16 Å². The SMILES string of the molecule is CSc1ncc(C(=O)OCC(=O)Nc2cccc3nsnc23)n1-c1ccccc1. The molecule has 0 aliphatic carbocycles. The third-order valence-corrected chi connectivity index (χ3v) is 5.23. The molecule has 146 valence electrons. The number of para-hydroxylation sites is 1. The summed E-state index contributed by atoms with van der Waals surface area (Å²) in [6, 6.07) is 14.7. The largest absolute Gasteiger partial charge is 0.451 e. The number of nitrogens with zero attached hydrogens (tertiary/aromatic N) is 4. The Labute approximate surface area is 174 Å². The van der Waals surface area contributed by atoms with Crippen LogP contribution in [0.15, 0.2) is 59.9 Å². The van der Waals surface area contributed by atoms with Crippen LogP contribution in [0.1, 0.15) is 10.5 Å². The third-order valence-electron chi connectivity index (χ3n) is 4.03. The molecule has 0 aliphatic heterocycles. The van der Waals surface area contributed by atoms with Crippen LogP contribution < -0.4 is 5.32 Å². The van der Waals surface area contributed by atoms with Crippen molar-refractivity contribution in [2.75, 3.05) is 18.2 Å². The molecular weight excluding hydrogens is 410 g/mol. The van der Waals surface area contributed by atoms with Gasteiger partial charge in [-0.1, -0.05) is 36.0 Å². The molecule has 0 atom stereocenters. The van der Waals surface area contributed by atoms with E-state index in [9.17, 15) is 9.59 Å². The molecular formula is C19H15N5O3S2. The predicted molar refractivity (Wildman–Crippen MR) is 112 cm³/mol. The fraction of sp³-hybridized carbons (Fsp3) is 0.105. The van der Waals surface area contributed by atoms with E-state index in [-0.39, 0.29) is 5.69 Å². The van der Waals surface area contributed by atoms with Gasteiger partial charge in [-0.05, 0) is 30.5 Å². The summed E-state index contributed by atoms with van der Waals surface area (Å²) in [6.45, 7) is -0.429. The van der Waals surface area contributed by atoms with Gasteiger partial charge < -0.3 is 10.1 Å². The lowest BCUT2D eigenvalue weighted by atomic mass is 10.2. The molecule has 4 rings (SSSR count). The normalized spacial score (nSPS) is 10.8. The maximum Gasteiger partial charge on any atom is 0.357 e. The lowest BCUT2D eigenvalue weighted by molar-refractivity contribution is -0.119. The molecule has 2 aromatic carbocycles. The number of carbonyl (C=O) groups excluding carboxylic acids is 2. The van der Waals surface area contributed by atoms with Crippen molar-refractivity contribution in [1.82, 2.24) is 18.3 Å². The average molecular weight is 425 g/mol. The number of ether oxygens (including phenoxy) is 1. The van der Waals surface area contributed by atoms with Crippen LogP contribution in [-0.4, -0.2) is 43.0 Å². The number of fused-ring (bicyclic) bond motifs is 1. The average Bonchev–Trinajstić information content (AvgIpc) is 3.40. The minimum absolute atomic E-state index is 0.249. The molecule has 10 heteroatoms. The number of aromatic nitrogens is 4. The maximum absolute atomic E-state index is 12.6. The second-order valence-electron chi connectivity index (χ2n) is 5.86. The van der Waals surface area contributed by atoms with Crippen molar-refractivity contribution in [2.24, 2.45) is 0 Å². The Morgan fingerprint density at radius 3 is 2.76 bits per heavy atom. The molecule has 0 aliphatic rings. The highest BCUT2D eigenvalue weighted by molar-refractivity contribution is 7.98. The lowest BCUT2D eigenvalue weighted by Gasteiger charge is -2.11. The van der Waals surface area contributed by atoms with Crippen LogP contribution in [0.25, 0.3) is 16.7 Å². The quantitative estimate of drug-likeness (QED) is 0.373. The van der Waals surface area contributed by atoms with E-state index in [1.165, 1.54) is 18.0 Å². The minimum atomic E-state index is -0.634. The van der Waals surface area contributed by atoms with E-state index in [0.29, 0.717) is 21.9 Å². The van der Waals surface area contributed by atoms with Crippen molar-refractivity contribution in [1.29, 1.82) is 0 Å². The molecule has 0 spiro atoms. The molecule has 0 unspecified atom stereocenters. The molecule has 0 radical (unpaired) electrons. The van der Waals surface area contributed by atoms with Gasteiger partial charge in [0.1, 0.15) is 11.0 Å². The molecule has 4 aromatic rings. The zero-order valence-corrected chi connectivity index (χ0v) is 16.9. The number of hydrogen-bond donors (Lipinski definition) is 1. The van der Waals surface area contributed by atoms with Gasteiger partial charge in [0, 0.05) is 5.69 Å². The summed E-state index contributed by atoms with van der Waals surface area (Å²) in [6.07, 6.45) is 3.32. The van der Waals surface area contributed by atoms with Gasteiger partial charge in [-0.25, -0.2) is 9.78 Å². The van der Waals surface area contributed by atoms with Crippen LogP contribution in [0, 0.1) is 0 Å². The number of esters is 1. The molecule has 2 aromatic heterocycles. The molecule has 29 heavy (non-hydrogen) atoms. The molecule has 0 bridgehead atoms. The highest BCUT2D eigenvalue weighted by atomic mass is 32.2. The highest BCUT2D eigenvalue weighted by Crippen LogP contribution is 2.23. The Balaban J connectivity index is 1.47. The molecule has 0 fully saturated rings. The van der Waals surface area contributed by atoms with Gasteiger partial charge in [-0.3, -0.25) is 9.36 Å². The zero-order chi connectivity index (χ0) is 20.2. The Morgan fingerprint density at radius 2 is 1.97 bits per heavy atom. The number of thioether (sulfide) groups is 1. The summed E-state index contributed by atoms with van der Waals surface area (Å²) in [4.78, 5) is 29.1. The predicted octanol–water partition coefficient (Wildman–Crippen LogP) is 3.39. The second kappa shape index (κ2) is 8.41. The van der Waals surface area contributed by atoms with Crippen molar-refractivity contribution in [3.63, 3.8) is 0 Å². The highest BCUT2D eigenvalue weighted by Gasteiger charge is 2.20. The fourth-order valence-electron chi connectivity index (χ4n) is 2.75. The number of carbonyl (C=O) groups is 2. The standard InChI is InChI=1S/C19H15N5O3S2/c1-28-19-20-10-15(24(19)12-6-3-2-4-7-12)18(26)27-11-16(25)21-13-8-5-9-14-17(13)23-29-22-14/h2-10H,11H2,1H3,(H,21,25). The lowest BCUT2D eigenvalue weighted by Crippen LogP contribution is -2.22. The number of benzene rings is 2. The number of amides is 1.